The summed E-state index contributed by atoms with van der Waals surface area (Å²) in [6.07, 6.45) is -1.85. The molecule has 0 saturated heterocycles. The molecule has 2 aromatic heterocycles. The summed E-state index contributed by atoms with van der Waals surface area (Å²) < 4.78 is 69.7. The number of carboxylic acid groups (broad SMARTS) is 1. The molecule has 20 heteroatoms. The van der Waals surface area contributed by atoms with Crippen LogP contribution in [0.3, 0.4) is 0 Å². The topological polar surface area (TPSA) is 197 Å². The number of aliphatic carboxylic acids is 1. The third-order valence-electron chi connectivity index (χ3n) is 8.31. The Morgan fingerprint density at radius 3 is 2.28 bits per heavy atom. The van der Waals surface area contributed by atoms with Crippen LogP contribution >= 0.6 is 11.3 Å². The second-order valence-electron chi connectivity index (χ2n) is 12.5. The lowest BCUT2D eigenvalue weighted by Gasteiger charge is -2.32. The second-order valence-corrected chi connectivity index (χ2v) is 13.4. The van der Waals surface area contributed by atoms with E-state index in [1.165, 1.54) is 22.1 Å². The standard InChI is InChI=1S/C35H33F2N7O4S.C2HF3O2.BrH/c1-21-10-25(11-22(2)33(21)48-32(46)15-40-31(45)14-39)16-43-19-41-44(20-43)18-35(47,28-9-8-27(36)12-29(28)37)23(3)34-42-30(17-49-34)26-6-4-24(13-38)5-7-26;3-2(4,5)1(6)7;/h4-12,17,19-20,23,47H,14-16,18,39H2,1-3H3;(H,6,7);1H. The molecule has 0 radical (unpaired) electrons. The van der Waals surface area contributed by atoms with E-state index >= 15 is 4.39 Å². The molecule has 2 unspecified atom stereocenters. The van der Waals surface area contributed by atoms with Crippen LogP contribution < -0.4 is 37.3 Å². The van der Waals surface area contributed by atoms with Gasteiger partial charge in [-0.3, -0.25) is 4.79 Å². The van der Waals surface area contributed by atoms with Crippen LogP contribution in [0.15, 0.2) is 72.6 Å². The highest BCUT2D eigenvalue weighted by Crippen LogP contribution is 2.41. The summed E-state index contributed by atoms with van der Waals surface area (Å²) in [5.74, 6) is -5.87. The van der Waals surface area contributed by atoms with E-state index in [0.717, 1.165) is 23.3 Å². The van der Waals surface area contributed by atoms with Crippen molar-refractivity contribution in [3.05, 3.63) is 117 Å². The number of hydrogen-bond donors (Lipinski definition) is 4. The minimum atomic E-state index is -5.08. The van der Waals surface area contributed by atoms with E-state index in [4.69, 9.17) is 30.6 Å². The average molecular weight is 881 g/mol. The SMILES string of the molecule is Cc1cc(C[n+]2cnn(CC(O)(c3ccc(F)cc3F)C(C)c3nc(-c4ccc(C#N)cc4)cs3)c2)cc(C)c1OC(=O)CNC(=O)CN.O=C(O)C(F)(F)F.[Br-]. The molecule has 13 nitrogen and oxygen atoms in total. The van der Waals surface area contributed by atoms with Gasteiger partial charge in [-0.15, -0.1) is 16.0 Å². The maximum Gasteiger partial charge on any atom is 0.490 e. The van der Waals surface area contributed by atoms with E-state index in [1.807, 2.05) is 17.5 Å². The van der Waals surface area contributed by atoms with E-state index in [-0.39, 0.29) is 42.2 Å². The summed E-state index contributed by atoms with van der Waals surface area (Å²) in [6.45, 7) is 4.99. The highest BCUT2D eigenvalue weighted by Gasteiger charge is 2.43. The first kappa shape index (κ1) is 45.8. The van der Waals surface area contributed by atoms with Crippen LogP contribution in [-0.4, -0.2) is 62.1 Å². The number of carbonyl (C=O) groups is 3. The number of esters is 1. The first-order valence-corrected chi connectivity index (χ1v) is 17.4. The summed E-state index contributed by atoms with van der Waals surface area (Å²) in [7, 11) is 0. The zero-order valence-electron chi connectivity index (χ0n) is 30.4. The van der Waals surface area contributed by atoms with Gasteiger partial charge in [0, 0.05) is 33.6 Å². The molecule has 5 N–H and O–H groups in total. The molecule has 0 bridgehead atoms. The van der Waals surface area contributed by atoms with Gasteiger partial charge in [-0.05, 0) is 60.9 Å². The van der Waals surface area contributed by atoms with Crippen LogP contribution in [0, 0.1) is 36.8 Å². The molecule has 0 aliphatic heterocycles. The van der Waals surface area contributed by atoms with Gasteiger partial charge in [-0.1, -0.05) is 25.1 Å². The van der Waals surface area contributed by atoms with Crippen LogP contribution in [0.1, 0.15) is 45.7 Å². The molecule has 0 spiro atoms. The van der Waals surface area contributed by atoms with Gasteiger partial charge in [0.05, 0.1) is 35.4 Å². The molecule has 0 aliphatic carbocycles. The summed E-state index contributed by atoms with van der Waals surface area (Å²) in [5.41, 5.74) is 7.50. The smallest absolute Gasteiger partial charge is 0.490 e. The van der Waals surface area contributed by atoms with E-state index < -0.39 is 47.2 Å². The summed E-state index contributed by atoms with van der Waals surface area (Å²) >= 11 is 1.30. The molecule has 0 fully saturated rings. The highest BCUT2D eigenvalue weighted by atomic mass is 79.9. The summed E-state index contributed by atoms with van der Waals surface area (Å²) in [5, 5.41) is 37.7. The number of carboxylic acids is 1. The van der Waals surface area contributed by atoms with E-state index in [2.05, 4.69) is 16.5 Å². The van der Waals surface area contributed by atoms with Crippen molar-refractivity contribution in [1.82, 2.24) is 20.1 Å². The molecule has 2 heterocycles. The fraction of sp³-hybridized carbons (Fsp3) is 0.270. The van der Waals surface area contributed by atoms with Crippen molar-refractivity contribution in [3.63, 3.8) is 0 Å². The quantitative estimate of drug-likeness (QED) is 0.0616. The number of nitrogens with one attached hydrogen (secondary N) is 1. The number of benzene rings is 3. The van der Waals surface area contributed by atoms with E-state index in [9.17, 15) is 32.3 Å². The number of aliphatic hydroxyl groups is 1. The largest absolute Gasteiger partial charge is 1.00 e. The number of thiazole rings is 1. The summed E-state index contributed by atoms with van der Waals surface area (Å²) in [4.78, 5) is 37.2. The van der Waals surface area contributed by atoms with E-state index in [1.54, 1.807) is 62.3 Å². The first-order chi connectivity index (χ1) is 26.3. The van der Waals surface area contributed by atoms with Gasteiger partial charge in [-0.25, -0.2) is 27.9 Å². The van der Waals surface area contributed by atoms with Gasteiger partial charge in [-0.2, -0.15) is 18.4 Å². The molecule has 2 atom stereocenters. The number of halogens is 6. The number of nitrogens with two attached hydrogens (primary N) is 1. The molecular formula is C37H35BrF5N7O6S. The number of amides is 1. The van der Waals surface area contributed by atoms with Gasteiger partial charge in [0.15, 0.2) is 0 Å². The lowest BCUT2D eigenvalue weighted by Crippen LogP contribution is -3.00. The Kier molecular flexibility index (Phi) is 15.7. The van der Waals surface area contributed by atoms with Crippen molar-refractivity contribution in [3.8, 4) is 23.1 Å². The van der Waals surface area contributed by atoms with Crippen LogP contribution in [0.2, 0.25) is 0 Å². The number of rotatable bonds is 12. The monoisotopic (exact) mass is 879 g/mol. The zero-order chi connectivity index (χ0) is 41.4. The number of nitrogens with zero attached hydrogens (tertiary/aromatic N) is 5. The molecule has 3 aromatic carbocycles. The minimum Gasteiger partial charge on any atom is -1.00 e. The fourth-order valence-electron chi connectivity index (χ4n) is 5.50. The minimum absolute atomic E-state index is 0. The van der Waals surface area contributed by atoms with Crippen LogP contribution in [-0.2, 0) is 33.1 Å². The molecule has 57 heavy (non-hydrogen) atoms. The number of aromatic nitrogens is 4. The Bertz CT molecular complexity index is 2240. The lowest BCUT2D eigenvalue weighted by atomic mass is 9.82. The molecule has 302 valence electrons. The normalized spacial score (nSPS) is 12.5. The van der Waals surface area contributed by atoms with E-state index in [0.29, 0.717) is 39.7 Å². The average Bonchev–Trinajstić information content (AvgIpc) is 3.81. The highest BCUT2D eigenvalue weighted by molar-refractivity contribution is 7.10. The first-order valence-electron chi connectivity index (χ1n) is 16.5. The lowest BCUT2D eigenvalue weighted by molar-refractivity contribution is -0.689. The number of nitriles is 1. The van der Waals surface area contributed by atoms with Crippen LogP contribution in [0.5, 0.6) is 5.75 Å². The maximum absolute atomic E-state index is 15.3. The molecule has 1 amide bonds. The molecular weight excluding hydrogens is 845 g/mol. The Morgan fingerprint density at radius 2 is 1.72 bits per heavy atom. The predicted octanol–water partition coefficient (Wildman–Crippen LogP) is 1.42. The van der Waals surface area contributed by atoms with Crippen molar-refractivity contribution >= 4 is 29.2 Å². The van der Waals surface area contributed by atoms with Gasteiger partial charge in [0.1, 0.15) is 36.1 Å². The molecule has 0 aliphatic rings. The second kappa shape index (κ2) is 19.5. The number of alkyl halides is 3. The summed E-state index contributed by atoms with van der Waals surface area (Å²) in [6, 6.07) is 15.8. The number of ether oxygens (including phenoxy) is 1. The van der Waals surface area contributed by atoms with Crippen molar-refractivity contribution in [1.29, 1.82) is 5.26 Å². The maximum atomic E-state index is 15.3. The number of carbonyl (C=O) groups excluding carboxylic acids is 2. The van der Waals surface area contributed by atoms with Crippen LogP contribution in [0.4, 0.5) is 22.0 Å². The Hall–Kier alpha value is -5.62. The Morgan fingerprint density at radius 1 is 1.09 bits per heavy atom. The number of hydrogen-bond acceptors (Lipinski definition) is 10. The molecule has 5 aromatic rings. The Balaban J connectivity index is 0.000000995. The van der Waals surface area contributed by atoms with Crippen molar-refractivity contribution in [2.45, 2.75) is 51.6 Å². The van der Waals surface area contributed by atoms with Crippen molar-refractivity contribution < 1.29 is 72.8 Å². The van der Waals surface area contributed by atoms with Gasteiger partial charge in [0.2, 0.25) is 12.2 Å². The third-order valence-corrected chi connectivity index (χ3v) is 9.34. The van der Waals surface area contributed by atoms with Crippen LogP contribution in [0.25, 0.3) is 11.3 Å². The predicted molar refractivity (Wildman–Crippen MR) is 190 cm³/mol. The molecule has 0 saturated carbocycles. The fourth-order valence-corrected chi connectivity index (χ4v) is 6.48. The van der Waals surface area contributed by atoms with Gasteiger partial charge >= 0.3 is 18.1 Å². The Labute approximate surface area is 336 Å². The van der Waals surface area contributed by atoms with Crippen molar-refractivity contribution in [2.24, 2.45) is 5.73 Å². The van der Waals surface area contributed by atoms with Gasteiger partial charge < -0.3 is 43.0 Å². The zero-order valence-corrected chi connectivity index (χ0v) is 32.8. The molecule has 5 rings (SSSR count). The van der Waals surface area contributed by atoms with Gasteiger partial charge in [0.25, 0.3) is 6.33 Å². The number of aryl methyl sites for hydroxylation is 2. The third kappa shape index (κ3) is 11.9. The van der Waals surface area contributed by atoms with Crippen molar-refractivity contribution in [2.75, 3.05) is 13.1 Å².